The molecule has 1 saturated heterocycles. The Morgan fingerprint density at radius 2 is 1.73 bits per heavy atom. The van der Waals surface area contributed by atoms with Crippen molar-refractivity contribution in [2.75, 3.05) is 18.0 Å². The molecular weight excluding hydrogens is 423 g/mol. The highest BCUT2D eigenvalue weighted by Crippen LogP contribution is 2.26. The van der Waals surface area contributed by atoms with Crippen molar-refractivity contribution in [3.63, 3.8) is 0 Å². The van der Waals surface area contributed by atoms with Gasteiger partial charge in [-0.05, 0) is 43.5 Å². The summed E-state index contributed by atoms with van der Waals surface area (Å²) in [6.07, 6.45) is 7.80. The predicted octanol–water partition coefficient (Wildman–Crippen LogP) is 4.13. The Hall–Kier alpha value is -3.62. The number of aryl methyl sites for hydroxylation is 1. The highest BCUT2D eigenvalue weighted by molar-refractivity contribution is 5.98. The zero-order valence-corrected chi connectivity index (χ0v) is 19.0. The first-order valence-electron chi connectivity index (χ1n) is 11.0. The van der Waals surface area contributed by atoms with Gasteiger partial charge in [0.1, 0.15) is 18.2 Å². The van der Waals surface area contributed by atoms with Gasteiger partial charge >= 0.3 is 0 Å². The summed E-state index contributed by atoms with van der Waals surface area (Å²) in [4.78, 5) is 25.1. The van der Waals surface area contributed by atoms with Gasteiger partial charge in [0.25, 0.3) is 5.88 Å². The van der Waals surface area contributed by atoms with Crippen LogP contribution in [0.1, 0.15) is 43.4 Å². The first kappa shape index (κ1) is 22.6. The van der Waals surface area contributed by atoms with Gasteiger partial charge in [-0.25, -0.2) is 19.3 Å². The Morgan fingerprint density at radius 1 is 1.06 bits per heavy atom. The fourth-order valence-electron chi connectivity index (χ4n) is 3.51. The van der Waals surface area contributed by atoms with E-state index in [1.165, 1.54) is 18.5 Å². The van der Waals surface area contributed by atoms with Gasteiger partial charge in [-0.1, -0.05) is 24.2 Å². The second-order valence-corrected chi connectivity index (χ2v) is 7.93. The van der Waals surface area contributed by atoms with Gasteiger partial charge in [0.05, 0.1) is 11.3 Å². The highest BCUT2D eigenvalue weighted by Gasteiger charge is 2.24. The van der Waals surface area contributed by atoms with Crippen LogP contribution in [0.4, 0.5) is 10.3 Å². The molecule has 1 aromatic carbocycles. The predicted molar refractivity (Wildman–Crippen MR) is 123 cm³/mol. The van der Waals surface area contributed by atoms with E-state index in [0.717, 1.165) is 49.4 Å². The van der Waals surface area contributed by atoms with E-state index in [0.29, 0.717) is 23.0 Å². The lowest BCUT2D eigenvalue weighted by atomic mass is 10.1. The van der Waals surface area contributed by atoms with Crippen molar-refractivity contribution in [3.8, 4) is 11.8 Å². The molecule has 0 saturated carbocycles. The molecule has 1 fully saturated rings. The molecule has 1 aliphatic rings. The number of halogens is 1. The number of rotatable bonds is 7. The first-order chi connectivity index (χ1) is 16.0. The van der Waals surface area contributed by atoms with Crippen LogP contribution in [0.15, 0.2) is 48.1 Å². The van der Waals surface area contributed by atoms with E-state index in [1.807, 2.05) is 19.3 Å². The topological polar surface area (TPSA) is 85.6 Å². The molecule has 3 heterocycles. The molecule has 33 heavy (non-hydrogen) atoms. The summed E-state index contributed by atoms with van der Waals surface area (Å²) in [5.74, 6) is 1.27. The van der Waals surface area contributed by atoms with Crippen LogP contribution in [0.5, 0.6) is 11.8 Å². The number of piperidine rings is 1. The van der Waals surface area contributed by atoms with Gasteiger partial charge in [-0.2, -0.15) is 4.98 Å². The van der Waals surface area contributed by atoms with E-state index < -0.39 is 0 Å². The number of ether oxygens (including phenoxy) is 1. The van der Waals surface area contributed by atoms with Crippen molar-refractivity contribution in [2.45, 2.75) is 46.1 Å². The van der Waals surface area contributed by atoms with Crippen LogP contribution in [0, 0.1) is 12.7 Å². The van der Waals surface area contributed by atoms with Crippen molar-refractivity contribution in [3.05, 3.63) is 65.5 Å². The van der Waals surface area contributed by atoms with Gasteiger partial charge in [0, 0.05) is 38.3 Å². The minimum absolute atomic E-state index is 0.0297. The maximum Gasteiger partial charge on any atom is 0.258 e. The number of hydrogen-bond donors (Lipinski definition) is 0. The fraction of sp³-hybridized carbons (Fsp3) is 0.375. The monoisotopic (exact) mass is 450 g/mol. The zero-order valence-electron chi connectivity index (χ0n) is 19.0. The zero-order chi connectivity index (χ0) is 23.2. The van der Waals surface area contributed by atoms with Crippen LogP contribution in [0.2, 0.25) is 0 Å². The van der Waals surface area contributed by atoms with Gasteiger partial charge in [0.15, 0.2) is 0 Å². The normalized spacial score (nSPS) is 14.9. The first-order valence-corrected chi connectivity index (χ1v) is 11.0. The smallest absolute Gasteiger partial charge is 0.258 e. The summed E-state index contributed by atoms with van der Waals surface area (Å²) in [6.45, 7) is 7.33. The molecule has 172 valence electrons. The summed E-state index contributed by atoms with van der Waals surface area (Å²) in [5.41, 5.74) is 3.18. The number of benzene rings is 1. The molecule has 3 aromatic rings. The molecular formula is C24H27FN6O2. The number of hydrogen-bond acceptors (Lipinski definition) is 8. The Kier molecular flexibility index (Phi) is 7.07. The molecule has 0 atom stereocenters. The molecule has 0 radical (unpaired) electrons. The molecule has 0 spiro atoms. The summed E-state index contributed by atoms with van der Waals surface area (Å²) in [5, 5.41) is 4.13. The van der Waals surface area contributed by atoms with Crippen LogP contribution < -0.4 is 14.5 Å². The summed E-state index contributed by atoms with van der Waals surface area (Å²) >= 11 is 0. The van der Waals surface area contributed by atoms with Crippen LogP contribution in [0.3, 0.4) is 0 Å². The van der Waals surface area contributed by atoms with Gasteiger partial charge in [-0.15, -0.1) is 0 Å². The van der Waals surface area contributed by atoms with Gasteiger partial charge in [0.2, 0.25) is 11.8 Å². The minimum Gasteiger partial charge on any atom is -0.474 e. The fourth-order valence-corrected chi connectivity index (χ4v) is 3.51. The molecule has 4 rings (SSSR count). The average Bonchev–Trinajstić information content (AvgIpc) is 2.85. The van der Waals surface area contributed by atoms with E-state index in [2.05, 4.69) is 36.9 Å². The minimum atomic E-state index is -0.298. The van der Waals surface area contributed by atoms with E-state index in [9.17, 15) is 4.39 Å². The largest absolute Gasteiger partial charge is 0.474 e. The number of nitrogens with zero attached hydrogens (tertiary/aromatic N) is 6. The van der Waals surface area contributed by atoms with Crippen molar-refractivity contribution in [2.24, 2.45) is 5.16 Å². The SMILES string of the molecule is CCc1cnc(N2CCC(Oc3ncnc(O/N=C(/C)c4ccc(F)cc4)c3C)CC2)nc1. The quantitative estimate of drug-likeness (QED) is 0.395. The lowest BCUT2D eigenvalue weighted by Crippen LogP contribution is -2.39. The van der Waals surface area contributed by atoms with Gasteiger partial charge < -0.3 is 14.5 Å². The molecule has 0 N–H and O–H groups in total. The molecule has 1 aliphatic heterocycles. The van der Waals surface area contributed by atoms with Crippen LogP contribution in [0.25, 0.3) is 0 Å². The Morgan fingerprint density at radius 3 is 2.39 bits per heavy atom. The second kappa shape index (κ2) is 10.3. The third-order valence-electron chi connectivity index (χ3n) is 5.63. The van der Waals surface area contributed by atoms with Crippen molar-refractivity contribution in [1.29, 1.82) is 0 Å². The molecule has 8 nitrogen and oxygen atoms in total. The molecule has 0 bridgehead atoms. The molecule has 0 aliphatic carbocycles. The molecule has 0 amide bonds. The van der Waals surface area contributed by atoms with Crippen LogP contribution in [-0.4, -0.2) is 44.8 Å². The average molecular weight is 451 g/mol. The summed E-state index contributed by atoms with van der Waals surface area (Å²) < 4.78 is 19.3. The maximum atomic E-state index is 13.1. The van der Waals surface area contributed by atoms with Crippen molar-refractivity contribution in [1.82, 2.24) is 19.9 Å². The number of oxime groups is 1. The second-order valence-electron chi connectivity index (χ2n) is 7.93. The standard InChI is InChI=1S/C24H27FN6O2/c1-4-18-13-26-24(27-14-18)31-11-9-21(10-12-31)32-22-16(2)23(29-15-28-22)33-30-17(3)19-5-7-20(25)8-6-19/h5-8,13-15,21H,4,9-12H2,1-3H3/b30-17-. The molecule has 0 unspecified atom stereocenters. The lowest BCUT2D eigenvalue weighted by Gasteiger charge is -2.32. The number of anilines is 1. The summed E-state index contributed by atoms with van der Waals surface area (Å²) in [7, 11) is 0. The molecule has 9 heteroatoms. The van der Waals surface area contributed by atoms with E-state index in [-0.39, 0.29) is 11.9 Å². The Bertz CT molecular complexity index is 1100. The highest BCUT2D eigenvalue weighted by atomic mass is 19.1. The van der Waals surface area contributed by atoms with E-state index in [4.69, 9.17) is 9.57 Å². The van der Waals surface area contributed by atoms with Crippen LogP contribution >= 0.6 is 0 Å². The van der Waals surface area contributed by atoms with Crippen LogP contribution in [-0.2, 0) is 6.42 Å². The van der Waals surface area contributed by atoms with Crippen molar-refractivity contribution < 1.29 is 14.0 Å². The summed E-state index contributed by atoms with van der Waals surface area (Å²) in [6, 6.07) is 6.06. The maximum absolute atomic E-state index is 13.1. The molecule has 2 aromatic heterocycles. The Balaban J connectivity index is 1.36. The lowest BCUT2D eigenvalue weighted by molar-refractivity contribution is 0.160. The number of aromatic nitrogens is 4. The van der Waals surface area contributed by atoms with E-state index >= 15 is 0 Å². The van der Waals surface area contributed by atoms with E-state index in [1.54, 1.807) is 19.1 Å². The Labute approximate surface area is 192 Å². The third-order valence-corrected chi connectivity index (χ3v) is 5.63. The third kappa shape index (κ3) is 5.60. The van der Waals surface area contributed by atoms with Crippen molar-refractivity contribution >= 4 is 11.7 Å². The van der Waals surface area contributed by atoms with Gasteiger partial charge in [-0.3, -0.25) is 0 Å².